The van der Waals surface area contributed by atoms with Crippen LogP contribution in [0.3, 0.4) is 0 Å². The fourth-order valence-electron chi connectivity index (χ4n) is 1.51. The van der Waals surface area contributed by atoms with Crippen LogP contribution in [-0.2, 0) is 0 Å². The second-order valence-corrected chi connectivity index (χ2v) is 3.93. The van der Waals surface area contributed by atoms with Gasteiger partial charge in [0.2, 0.25) is 0 Å². The molecule has 4 heteroatoms. The monoisotopic (exact) mass is 229 g/mol. The van der Waals surface area contributed by atoms with Gasteiger partial charge in [0.25, 0.3) is 0 Å². The molecule has 0 saturated heterocycles. The van der Waals surface area contributed by atoms with Crippen molar-refractivity contribution >= 4 is 11.0 Å². The quantitative estimate of drug-likeness (QED) is 0.742. The van der Waals surface area contributed by atoms with Crippen LogP contribution in [0.4, 0.5) is 0 Å². The molecule has 2 aromatic rings. The van der Waals surface area contributed by atoms with E-state index in [9.17, 15) is 4.79 Å². The first-order valence-corrected chi connectivity index (χ1v) is 5.25. The molecule has 86 valence electrons. The van der Waals surface area contributed by atoms with Gasteiger partial charge in [0.05, 0.1) is 6.10 Å². The van der Waals surface area contributed by atoms with Crippen LogP contribution in [-0.4, -0.2) is 6.10 Å². The number of hydrogen-bond acceptors (Lipinski definition) is 4. The topological polar surface area (TPSA) is 63.2 Å². The predicted molar refractivity (Wildman–Crippen MR) is 63.0 cm³/mol. The number of nitriles is 1. The molecule has 0 aliphatic carbocycles. The number of benzene rings is 1. The molecule has 0 unspecified atom stereocenters. The second kappa shape index (κ2) is 4.30. The second-order valence-electron chi connectivity index (χ2n) is 3.93. The van der Waals surface area contributed by atoms with Gasteiger partial charge in [-0.15, -0.1) is 0 Å². The van der Waals surface area contributed by atoms with Gasteiger partial charge < -0.3 is 9.15 Å². The summed E-state index contributed by atoms with van der Waals surface area (Å²) < 4.78 is 10.5. The van der Waals surface area contributed by atoms with E-state index in [1.807, 2.05) is 13.8 Å². The number of nitrogens with zero attached hydrogens (tertiary/aromatic N) is 1. The van der Waals surface area contributed by atoms with Gasteiger partial charge in [-0.25, -0.2) is 4.79 Å². The maximum absolute atomic E-state index is 11.4. The van der Waals surface area contributed by atoms with Crippen molar-refractivity contribution in [2.45, 2.75) is 20.0 Å². The molecular weight excluding hydrogens is 218 g/mol. The lowest BCUT2D eigenvalue weighted by Gasteiger charge is -2.09. The molecular formula is C13H11NO3. The highest BCUT2D eigenvalue weighted by Crippen LogP contribution is 2.21. The van der Waals surface area contributed by atoms with Gasteiger partial charge in [0, 0.05) is 11.5 Å². The predicted octanol–water partition coefficient (Wildman–Crippen LogP) is 2.45. The molecule has 0 aliphatic rings. The van der Waals surface area contributed by atoms with Crippen LogP contribution in [0.5, 0.6) is 5.75 Å². The lowest BCUT2D eigenvalue weighted by Crippen LogP contribution is -2.06. The zero-order chi connectivity index (χ0) is 12.4. The van der Waals surface area contributed by atoms with Crippen LogP contribution in [0.1, 0.15) is 19.4 Å². The van der Waals surface area contributed by atoms with Crippen LogP contribution >= 0.6 is 0 Å². The van der Waals surface area contributed by atoms with Gasteiger partial charge in [-0.1, -0.05) is 0 Å². The fourth-order valence-corrected chi connectivity index (χ4v) is 1.51. The Hall–Kier alpha value is -2.28. The molecule has 0 fully saturated rings. The lowest BCUT2D eigenvalue weighted by molar-refractivity contribution is 0.242. The number of hydrogen-bond donors (Lipinski definition) is 0. The van der Waals surface area contributed by atoms with E-state index in [4.69, 9.17) is 14.4 Å². The highest BCUT2D eigenvalue weighted by molar-refractivity contribution is 5.79. The van der Waals surface area contributed by atoms with Crippen molar-refractivity contribution in [3.05, 3.63) is 40.2 Å². The van der Waals surface area contributed by atoms with Gasteiger partial charge in [-0.3, -0.25) is 0 Å². The number of ether oxygens (including phenoxy) is 1. The summed E-state index contributed by atoms with van der Waals surface area (Å²) in [5.74, 6) is 0.639. The van der Waals surface area contributed by atoms with Gasteiger partial charge in [-0.05, 0) is 32.0 Å². The SMILES string of the molecule is CC(C)Oc1ccc2cc(C#N)c(=O)oc2c1. The molecule has 0 bridgehead atoms. The van der Waals surface area contributed by atoms with Crippen LogP contribution < -0.4 is 10.4 Å². The molecule has 0 aliphatic heterocycles. The van der Waals surface area contributed by atoms with Crippen LogP contribution in [0.25, 0.3) is 11.0 Å². The van der Waals surface area contributed by atoms with Gasteiger partial charge >= 0.3 is 5.63 Å². The molecule has 0 atom stereocenters. The minimum absolute atomic E-state index is 0.00929. The average Bonchev–Trinajstić information content (AvgIpc) is 2.27. The number of rotatable bonds is 2. The van der Waals surface area contributed by atoms with Gasteiger partial charge in [-0.2, -0.15) is 5.26 Å². The summed E-state index contributed by atoms with van der Waals surface area (Å²) in [7, 11) is 0. The smallest absolute Gasteiger partial charge is 0.354 e. The van der Waals surface area contributed by atoms with E-state index in [0.29, 0.717) is 16.7 Å². The molecule has 0 N–H and O–H groups in total. The molecule has 1 aromatic heterocycles. The van der Waals surface area contributed by atoms with Crippen molar-refractivity contribution in [1.82, 2.24) is 0 Å². The van der Waals surface area contributed by atoms with Crippen LogP contribution in [0, 0.1) is 11.3 Å². The zero-order valence-electron chi connectivity index (χ0n) is 9.56. The average molecular weight is 229 g/mol. The minimum Gasteiger partial charge on any atom is -0.491 e. The summed E-state index contributed by atoms with van der Waals surface area (Å²) in [4.78, 5) is 11.4. The molecule has 0 radical (unpaired) electrons. The molecule has 1 heterocycles. The summed E-state index contributed by atoms with van der Waals surface area (Å²) in [6.45, 7) is 3.83. The maximum atomic E-state index is 11.4. The minimum atomic E-state index is -0.623. The standard InChI is InChI=1S/C13H11NO3/c1-8(2)16-11-4-3-9-5-10(7-14)13(15)17-12(9)6-11/h3-6,8H,1-2H3. The molecule has 0 spiro atoms. The number of fused-ring (bicyclic) bond motifs is 1. The normalized spacial score (nSPS) is 10.5. The van der Waals surface area contributed by atoms with Gasteiger partial charge in [0.1, 0.15) is 23.0 Å². The van der Waals surface area contributed by atoms with E-state index in [1.54, 1.807) is 24.3 Å². The highest BCUT2D eigenvalue weighted by Gasteiger charge is 2.06. The first-order chi connectivity index (χ1) is 8.10. The molecule has 0 amide bonds. The molecule has 1 aromatic carbocycles. The lowest BCUT2D eigenvalue weighted by atomic mass is 10.2. The summed E-state index contributed by atoms with van der Waals surface area (Å²) in [6.07, 6.45) is 0.0533. The molecule has 17 heavy (non-hydrogen) atoms. The highest BCUT2D eigenvalue weighted by atomic mass is 16.5. The van der Waals surface area contributed by atoms with Gasteiger partial charge in [0.15, 0.2) is 0 Å². The molecule has 2 rings (SSSR count). The largest absolute Gasteiger partial charge is 0.491 e. The summed E-state index contributed by atoms with van der Waals surface area (Å²) in [5, 5.41) is 9.42. The Morgan fingerprint density at radius 2 is 2.12 bits per heavy atom. The molecule has 4 nitrogen and oxygen atoms in total. The Bertz CT molecular complexity index is 650. The van der Waals surface area contributed by atoms with Crippen LogP contribution in [0.2, 0.25) is 0 Å². The third-order valence-corrected chi connectivity index (χ3v) is 2.20. The van der Waals surface area contributed by atoms with E-state index in [2.05, 4.69) is 0 Å². The Kier molecular flexibility index (Phi) is 2.84. The first-order valence-electron chi connectivity index (χ1n) is 5.25. The van der Waals surface area contributed by atoms with E-state index >= 15 is 0 Å². The Labute approximate surface area is 98.0 Å². The zero-order valence-corrected chi connectivity index (χ0v) is 9.56. The Morgan fingerprint density at radius 3 is 2.76 bits per heavy atom. The van der Waals surface area contributed by atoms with E-state index in [1.165, 1.54) is 6.07 Å². The Balaban J connectivity index is 2.56. The molecule has 0 saturated carbocycles. The van der Waals surface area contributed by atoms with Crippen molar-refractivity contribution in [1.29, 1.82) is 5.26 Å². The van der Waals surface area contributed by atoms with Crippen molar-refractivity contribution in [3.63, 3.8) is 0 Å². The fraction of sp³-hybridized carbons (Fsp3) is 0.231. The van der Waals surface area contributed by atoms with Crippen molar-refractivity contribution in [2.24, 2.45) is 0 Å². The first kappa shape index (κ1) is 11.2. The Morgan fingerprint density at radius 1 is 1.35 bits per heavy atom. The summed E-state index contributed by atoms with van der Waals surface area (Å²) >= 11 is 0. The van der Waals surface area contributed by atoms with E-state index in [0.717, 1.165) is 0 Å². The van der Waals surface area contributed by atoms with Crippen molar-refractivity contribution in [3.8, 4) is 11.8 Å². The van der Waals surface area contributed by atoms with Crippen molar-refractivity contribution in [2.75, 3.05) is 0 Å². The summed E-state index contributed by atoms with van der Waals surface area (Å²) in [6, 6.07) is 8.50. The van der Waals surface area contributed by atoms with Crippen molar-refractivity contribution < 1.29 is 9.15 Å². The van der Waals surface area contributed by atoms with Crippen LogP contribution in [0.15, 0.2) is 33.5 Å². The van der Waals surface area contributed by atoms with E-state index < -0.39 is 5.63 Å². The third-order valence-electron chi connectivity index (χ3n) is 2.20. The maximum Gasteiger partial charge on any atom is 0.354 e. The third kappa shape index (κ3) is 2.28. The summed E-state index contributed by atoms with van der Waals surface area (Å²) in [5.41, 5.74) is -0.191. The van der Waals surface area contributed by atoms with E-state index in [-0.39, 0.29) is 11.7 Å².